The molecule has 1 N–H and O–H groups in total. The smallest absolute Gasteiger partial charge is 0.260 e. The Kier molecular flexibility index (Phi) is 3.42. The van der Waals surface area contributed by atoms with E-state index in [0.29, 0.717) is 23.0 Å². The molecule has 0 bridgehead atoms. The van der Waals surface area contributed by atoms with Crippen molar-refractivity contribution in [2.45, 2.75) is 6.92 Å². The van der Waals surface area contributed by atoms with E-state index in [1.165, 1.54) is 6.92 Å². The van der Waals surface area contributed by atoms with Crippen molar-refractivity contribution < 1.29 is 9.32 Å². The van der Waals surface area contributed by atoms with E-state index in [9.17, 15) is 4.79 Å². The molecule has 0 aliphatic heterocycles. The highest BCUT2D eigenvalue weighted by atomic mass is 16.5. The maximum Gasteiger partial charge on any atom is 0.260 e. The zero-order chi connectivity index (χ0) is 14.7. The summed E-state index contributed by atoms with van der Waals surface area (Å²) in [5.41, 5.74) is 2.13. The van der Waals surface area contributed by atoms with Crippen molar-refractivity contribution in [1.82, 2.24) is 15.1 Å². The molecule has 6 nitrogen and oxygen atoms in total. The number of carbonyl (C=O) groups excluding carboxylic acids is 1. The summed E-state index contributed by atoms with van der Waals surface area (Å²) in [5.74, 6) is 0.674. The first-order chi connectivity index (χ1) is 10.2. The lowest BCUT2D eigenvalue weighted by molar-refractivity contribution is -0.114. The van der Waals surface area contributed by atoms with Crippen molar-refractivity contribution in [1.29, 1.82) is 0 Å². The SMILES string of the molecule is CC(=O)Nc1ccccc1-c1nc(-c2ccncc2)no1. The van der Waals surface area contributed by atoms with Crippen molar-refractivity contribution in [3.8, 4) is 22.8 Å². The summed E-state index contributed by atoms with van der Waals surface area (Å²) in [6, 6.07) is 10.9. The topological polar surface area (TPSA) is 80.9 Å². The lowest BCUT2D eigenvalue weighted by Gasteiger charge is -2.05. The van der Waals surface area contributed by atoms with Gasteiger partial charge in [0.1, 0.15) is 0 Å². The molecular weight excluding hydrogens is 268 g/mol. The monoisotopic (exact) mass is 280 g/mol. The van der Waals surface area contributed by atoms with Crippen LogP contribution in [0.2, 0.25) is 0 Å². The van der Waals surface area contributed by atoms with Crippen LogP contribution in [0.1, 0.15) is 6.92 Å². The maximum atomic E-state index is 11.2. The molecule has 0 spiro atoms. The number of hydrogen-bond donors (Lipinski definition) is 1. The Hall–Kier alpha value is -3.02. The summed E-state index contributed by atoms with van der Waals surface area (Å²) in [7, 11) is 0. The predicted molar refractivity (Wildman–Crippen MR) is 77.3 cm³/mol. The van der Waals surface area contributed by atoms with Crippen LogP contribution in [0.15, 0.2) is 53.3 Å². The number of aromatic nitrogens is 3. The molecule has 3 aromatic rings. The van der Waals surface area contributed by atoms with Crippen LogP contribution in [-0.2, 0) is 4.79 Å². The zero-order valence-electron chi connectivity index (χ0n) is 11.3. The normalized spacial score (nSPS) is 10.3. The van der Waals surface area contributed by atoms with Gasteiger partial charge in [-0.25, -0.2) is 0 Å². The van der Waals surface area contributed by atoms with E-state index in [4.69, 9.17) is 4.52 Å². The molecule has 0 radical (unpaired) electrons. The van der Waals surface area contributed by atoms with Gasteiger partial charge in [-0.15, -0.1) is 0 Å². The summed E-state index contributed by atoms with van der Waals surface area (Å²) in [6.07, 6.45) is 3.33. The Balaban J connectivity index is 1.99. The molecule has 2 heterocycles. The van der Waals surface area contributed by atoms with Crippen LogP contribution in [0.25, 0.3) is 22.8 Å². The van der Waals surface area contributed by atoms with Crippen molar-refractivity contribution >= 4 is 11.6 Å². The van der Waals surface area contributed by atoms with Gasteiger partial charge in [-0.2, -0.15) is 4.98 Å². The predicted octanol–water partition coefficient (Wildman–Crippen LogP) is 2.76. The number of nitrogens with zero attached hydrogens (tertiary/aromatic N) is 3. The summed E-state index contributed by atoms with van der Waals surface area (Å²) in [6.45, 7) is 1.45. The second kappa shape index (κ2) is 5.54. The molecule has 2 aromatic heterocycles. The number of para-hydroxylation sites is 1. The number of nitrogens with one attached hydrogen (secondary N) is 1. The number of rotatable bonds is 3. The largest absolute Gasteiger partial charge is 0.334 e. The number of benzene rings is 1. The molecule has 6 heteroatoms. The molecular formula is C15H12N4O2. The van der Waals surface area contributed by atoms with E-state index in [2.05, 4.69) is 20.4 Å². The van der Waals surface area contributed by atoms with E-state index < -0.39 is 0 Å². The van der Waals surface area contributed by atoms with Gasteiger partial charge in [0.2, 0.25) is 11.7 Å². The first-order valence-corrected chi connectivity index (χ1v) is 6.35. The van der Waals surface area contributed by atoms with Gasteiger partial charge < -0.3 is 9.84 Å². The fourth-order valence-corrected chi connectivity index (χ4v) is 1.92. The standard InChI is InChI=1S/C15H12N4O2/c1-10(20)17-13-5-3-2-4-12(13)15-18-14(19-21-15)11-6-8-16-9-7-11/h2-9H,1H3,(H,17,20). The van der Waals surface area contributed by atoms with E-state index in [1.54, 1.807) is 30.6 Å². The summed E-state index contributed by atoms with van der Waals surface area (Å²) < 4.78 is 5.29. The average molecular weight is 280 g/mol. The molecule has 1 amide bonds. The molecule has 0 fully saturated rings. The minimum atomic E-state index is -0.156. The molecule has 0 saturated heterocycles. The molecule has 1 aromatic carbocycles. The van der Waals surface area contributed by atoms with Crippen LogP contribution < -0.4 is 5.32 Å². The summed E-state index contributed by atoms with van der Waals surface area (Å²) in [5, 5.41) is 6.70. The van der Waals surface area contributed by atoms with E-state index in [-0.39, 0.29) is 5.91 Å². The van der Waals surface area contributed by atoms with Gasteiger partial charge in [-0.05, 0) is 24.3 Å². The van der Waals surface area contributed by atoms with Crippen molar-refractivity contribution in [2.75, 3.05) is 5.32 Å². The summed E-state index contributed by atoms with van der Waals surface area (Å²) in [4.78, 5) is 19.5. The minimum absolute atomic E-state index is 0.156. The Labute approximate surface area is 120 Å². The van der Waals surface area contributed by atoms with Gasteiger partial charge in [-0.1, -0.05) is 17.3 Å². The lowest BCUT2D eigenvalue weighted by Crippen LogP contribution is -2.06. The molecule has 0 atom stereocenters. The third-order valence-electron chi connectivity index (χ3n) is 2.83. The highest BCUT2D eigenvalue weighted by Gasteiger charge is 2.14. The van der Waals surface area contributed by atoms with Crippen LogP contribution in [0, 0.1) is 0 Å². The fraction of sp³-hybridized carbons (Fsp3) is 0.0667. The first kappa shape index (κ1) is 13.0. The highest BCUT2D eigenvalue weighted by Crippen LogP contribution is 2.28. The first-order valence-electron chi connectivity index (χ1n) is 6.35. The number of hydrogen-bond acceptors (Lipinski definition) is 5. The second-order valence-corrected chi connectivity index (χ2v) is 4.39. The van der Waals surface area contributed by atoms with Gasteiger partial charge in [0.15, 0.2) is 0 Å². The molecule has 0 unspecified atom stereocenters. The van der Waals surface area contributed by atoms with Gasteiger partial charge >= 0.3 is 0 Å². The molecule has 0 saturated carbocycles. The Morgan fingerprint density at radius 2 is 1.90 bits per heavy atom. The third-order valence-corrected chi connectivity index (χ3v) is 2.83. The third kappa shape index (κ3) is 2.79. The van der Waals surface area contributed by atoms with E-state index in [1.807, 2.05) is 18.2 Å². The van der Waals surface area contributed by atoms with Crippen LogP contribution in [0.3, 0.4) is 0 Å². The van der Waals surface area contributed by atoms with Crippen molar-refractivity contribution in [2.24, 2.45) is 0 Å². The zero-order valence-corrected chi connectivity index (χ0v) is 11.3. The van der Waals surface area contributed by atoms with Gasteiger partial charge in [0, 0.05) is 24.9 Å². The van der Waals surface area contributed by atoms with Gasteiger partial charge in [0.05, 0.1) is 11.3 Å². The van der Waals surface area contributed by atoms with Crippen molar-refractivity contribution in [3.05, 3.63) is 48.8 Å². The van der Waals surface area contributed by atoms with Crippen LogP contribution in [0.5, 0.6) is 0 Å². The quantitative estimate of drug-likeness (QED) is 0.797. The number of amides is 1. The molecule has 3 rings (SSSR count). The molecule has 0 aliphatic rings. The number of carbonyl (C=O) groups is 1. The number of anilines is 1. The Morgan fingerprint density at radius 3 is 2.67 bits per heavy atom. The Morgan fingerprint density at radius 1 is 1.14 bits per heavy atom. The van der Waals surface area contributed by atoms with E-state index >= 15 is 0 Å². The van der Waals surface area contributed by atoms with Gasteiger partial charge in [0.25, 0.3) is 5.89 Å². The van der Waals surface area contributed by atoms with Crippen LogP contribution >= 0.6 is 0 Å². The number of pyridine rings is 1. The van der Waals surface area contributed by atoms with Crippen LogP contribution in [-0.4, -0.2) is 21.0 Å². The average Bonchev–Trinajstić information content (AvgIpc) is 2.98. The highest BCUT2D eigenvalue weighted by molar-refractivity contribution is 5.93. The van der Waals surface area contributed by atoms with Crippen LogP contribution in [0.4, 0.5) is 5.69 Å². The molecule has 104 valence electrons. The van der Waals surface area contributed by atoms with Gasteiger partial charge in [-0.3, -0.25) is 9.78 Å². The lowest BCUT2D eigenvalue weighted by atomic mass is 10.1. The molecule has 21 heavy (non-hydrogen) atoms. The molecule has 0 aliphatic carbocycles. The Bertz CT molecular complexity index is 768. The summed E-state index contributed by atoms with van der Waals surface area (Å²) >= 11 is 0. The second-order valence-electron chi connectivity index (χ2n) is 4.39. The van der Waals surface area contributed by atoms with E-state index in [0.717, 1.165) is 5.56 Å². The fourth-order valence-electron chi connectivity index (χ4n) is 1.92. The minimum Gasteiger partial charge on any atom is -0.334 e. The maximum absolute atomic E-state index is 11.2. The van der Waals surface area contributed by atoms with Crippen molar-refractivity contribution in [3.63, 3.8) is 0 Å².